The Kier molecular flexibility index (Phi) is 6.85. The first-order chi connectivity index (χ1) is 11.6. The van der Waals surface area contributed by atoms with Crippen LogP contribution in [0.4, 0.5) is 5.69 Å². The van der Waals surface area contributed by atoms with Crippen LogP contribution in [0.3, 0.4) is 0 Å². The second-order valence-electron chi connectivity index (χ2n) is 7.09. The molecule has 2 amide bonds. The molecule has 0 aromatic heterocycles. The molecule has 0 spiro atoms. The van der Waals surface area contributed by atoms with Crippen LogP contribution in [0.1, 0.15) is 54.4 Å². The molecule has 2 unspecified atom stereocenters. The lowest BCUT2D eigenvalue weighted by Crippen LogP contribution is -2.34. The molecule has 2 fully saturated rings. The molecule has 2 aliphatic rings. The van der Waals surface area contributed by atoms with E-state index in [1.165, 1.54) is 0 Å². The lowest BCUT2D eigenvalue weighted by molar-refractivity contribution is -0.120. The van der Waals surface area contributed by atoms with E-state index in [-0.39, 0.29) is 36.2 Å². The van der Waals surface area contributed by atoms with E-state index in [2.05, 4.69) is 5.32 Å². The van der Waals surface area contributed by atoms with Gasteiger partial charge in [0.05, 0.1) is 0 Å². The molecule has 0 radical (unpaired) electrons. The Balaban J connectivity index is 0.00000225. The Morgan fingerprint density at radius 3 is 2.56 bits per heavy atom. The third-order valence-electron chi connectivity index (χ3n) is 5.30. The second kappa shape index (κ2) is 8.68. The van der Waals surface area contributed by atoms with Gasteiger partial charge < -0.3 is 16.0 Å². The van der Waals surface area contributed by atoms with Gasteiger partial charge in [-0.3, -0.25) is 9.59 Å². The fraction of sp³-hybridized carbons (Fsp3) is 0.579. The standard InChI is InChI=1S/C19H27N3O2.ClH/c1-13-16(19(24)22-10-2-3-11-22)8-5-9-17(13)21-18(23)14-6-4-7-15(20)12-14;/h5,8-9,14-15H,2-4,6-7,10-12,20H2,1H3,(H,21,23);1H. The molecule has 25 heavy (non-hydrogen) atoms. The van der Waals surface area contributed by atoms with E-state index in [1.54, 1.807) is 0 Å². The summed E-state index contributed by atoms with van der Waals surface area (Å²) in [5.74, 6) is 0.0749. The molecule has 1 saturated carbocycles. The highest BCUT2D eigenvalue weighted by Gasteiger charge is 2.26. The highest BCUT2D eigenvalue weighted by molar-refractivity contribution is 5.99. The molecular formula is C19H28ClN3O2. The van der Waals surface area contributed by atoms with Crippen LogP contribution in [0.15, 0.2) is 18.2 Å². The van der Waals surface area contributed by atoms with Gasteiger partial charge in [0.2, 0.25) is 5.91 Å². The van der Waals surface area contributed by atoms with Crippen LogP contribution in [0.5, 0.6) is 0 Å². The summed E-state index contributed by atoms with van der Waals surface area (Å²) < 4.78 is 0. The van der Waals surface area contributed by atoms with Gasteiger partial charge in [-0.05, 0) is 56.7 Å². The number of carbonyl (C=O) groups excluding carboxylic acids is 2. The molecule has 2 atom stereocenters. The summed E-state index contributed by atoms with van der Waals surface area (Å²) in [4.78, 5) is 27.1. The molecule has 1 aliphatic carbocycles. The fourth-order valence-corrected chi connectivity index (χ4v) is 3.79. The summed E-state index contributed by atoms with van der Waals surface area (Å²) in [6.45, 7) is 3.56. The van der Waals surface area contributed by atoms with E-state index in [4.69, 9.17) is 5.73 Å². The van der Waals surface area contributed by atoms with Crippen LogP contribution in [0.2, 0.25) is 0 Å². The molecule has 5 nitrogen and oxygen atoms in total. The van der Waals surface area contributed by atoms with Gasteiger partial charge >= 0.3 is 0 Å². The minimum atomic E-state index is -0.0221. The molecule has 6 heteroatoms. The average Bonchev–Trinajstić information content (AvgIpc) is 3.10. The van der Waals surface area contributed by atoms with Crippen LogP contribution < -0.4 is 11.1 Å². The zero-order chi connectivity index (χ0) is 17.1. The maximum Gasteiger partial charge on any atom is 0.254 e. The van der Waals surface area contributed by atoms with Crippen molar-refractivity contribution < 1.29 is 9.59 Å². The van der Waals surface area contributed by atoms with Gasteiger partial charge in [-0.25, -0.2) is 0 Å². The number of benzene rings is 1. The van der Waals surface area contributed by atoms with Crippen LogP contribution in [-0.2, 0) is 4.79 Å². The molecule has 1 heterocycles. The number of carbonyl (C=O) groups is 2. The van der Waals surface area contributed by atoms with Crippen molar-refractivity contribution in [2.75, 3.05) is 18.4 Å². The van der Waals surface area contributed by atoms with E-state index in [1.807, 2.05) is 30.0 Å². The maximum atomic E-state index is 12.6. The Labute approximate surface area is 155 Å². The Morgan fingerprint density at radius 2 is 1.88 bits per heavy atom. The van der Waals surface area contributed by atoms with E-state index < -0.39 is 0 Å². The van der Waals surface area contributed by atoms with Gasteiger partial charge in [-0.1, -0.05) is 12.5 Å². The van der Waals surface area contributed by atoms with Crippen molar-refractivity contribution in [3.8, 4) is 0 Å². The van der Waals surface area contributed by atoms with Crippen molar-refractivity contribution in [2.24, 2.45) is 11.7 Å². The third kappa shape index (κ3) is 4.53. The first kappa shape index (κ1) is 19.7. The smallest absolute Gasteiger partial charge is 0.254 e. The van der Waals surface area contributed by atoms with Gasteiger partial charge in [0.15, 0.2) is 0 Å². The first-order valence-corrected chi connectivity index (χ1v) is 9.01. The largest absolute Gasteiger partial charge is 0.339 e. The molecular weight excluding hydrogens is 338 g/mol. The maximum absolute atomic E-state index is 12.6. The lowest BCUT2D eigenvalue weighted by Gasteiger charge is -2.26. The number of hydrogen-bond donors (Lipinski definition) is 2. The Bertz CT molecular complexity index is 629. The van der Waals surface area contributed by atoms with Crippen molar-refractivity contribution >= 4 is 29.9 Å². The zero-order valence-corrected chi connectivity index (χ0v) is 15.6. The second-order valence-corrected chi connectivity index (χ2v) is 7.09. The summed E-state index contributed by atoms with van der Waals surface area (Å²) in [6.07, 6.45) is 5.79. The number of halogens is 1. The zero-order valence-electron chi connectivity index (χ0n) is 14.8. The Morgan fingerprint density at radius 1 is 1.16 bits per heavy atom. The Hall–Kier alpha value is -1.59. The fourth-order valence-electron chi connectivity index (χ4n) is 3.79. The highest BCUT2D eigenvalue weighted by atomic mass is 35.5. The topological polar surface area (TPSA) is 75.4 Å². The van der Waals surface area contributed by atoms with Crippen LogP contribution in [0, 0.1) is 12.8 Å². The number of amides is 2. The normalized spacial score (nSPS) is 23.0. The molecule has 1 aromatic rings. The van der Waals surface area contributed by atoms with Crippen LogP contribution in [-0.4, -0.2) is 35.8 Å². The van der Waals surface area contributed by atoms with Crippen molar-refractivity contribution in [3.63, 3.8) is 0 Å². The third-order valence-corrected chi connectivity index (χ3v) is 5.30. The van der Waals surface area contributed by atoms with Crippen molar-refractivity contribution in [2.45, 2.75) is 51.5 Å². The number of nitrogens with zero attached hydrogens (tertiary/aromatic N) is 1. The lowest BCUT2D eigenvalue weighted by atomic mass is 9.85. The van der Waals surface area contributed by atoms with Crippen molar-refractivity contribution in [3.05, 3.63) is 29.3 Å². The van der Waals surface area contributed by atoms with E-state index >= 15 is 0 Å². The summed E-state index contributed by atoms with van der Waals surface area (Å²) in [5.41, 5.74) is 8.27. The molecule has 1 aromatic carbocycles. The first-order valence-electron chi connectivity index (χ1n) is 9.01. The van der Waals surface area contributed by atoms with Crippen LogP contribution >= 0.6 is 12.4 Å². The van der Waals surface area contributed by atoms with Crippen LogP contribution in [0.25, 0.3) is 0 Å². The van der Waals surface area contributed by atoms with E-state index in [9.17, 15) is 9.59 Å². The number of nitrogens with one attached hydrogen (secondary N) is 1. The predicted molar refractivity (Wildman–Crippen MR) is 102 cm³/mol. The summed E-state index contributed by atoms with van der Waals surface area (Å²) >= 11 is 0. The molecule has 3 rings (SSSR count). The summed E-state index contributed by atoms with van der Waals surface area (Å²) in [5, 5.41) is 3.02. The monoisotopic (exact) mass is 365 g/mol. The molecule has 1 aliphatic heterocycles. The van der Waals surface area contributed by atoms with E-state index in [0.29, 0.717) is 5.56 Å². The van der Waals surface area contributed by atoms with Crippen molar-refractivity contribution in [1.29, 1.82) is 0 Å². The number of rotatable bonds is 3. The molecule has 0 bridgehead atoms. The summed E-state index contributed by atoms with van der Waals surface area (Å²) in [7, 11) is 0. The number of likely N-dealkylation sites (tertiary alicyclic amines) is 1. The number of anilines is 1. The highest BCUT2D eigenvalue weighted by Crippen LogP contribution is 2.27. The quantitative estimate of drug-likeness (QED) is 0.864. The van der Waals surface area contributed by atoms with Gasteiger partial charge in [-0.15, -0.1) is 12.4 Å². The SMILES string of the molecule is Cc1c(NC(=O)C2CCCC(N)C2)cccc1C(=O)N1CCCC1.Cl. The van der Waals surface area contributed by atoms with Gasteiger partial charge in [0, 0.05) is 36.3 Å². The van der Waals surface area contributed by atoms with Gasteiger partial charge in [-0.2, -0.15) is 0 Å². The summed E-state index contributed by atoms with van der Waals surface area (Å²) in [6, 6.07) is 5.69. The van der Waals surface area contributed by atoms with Crippen molar-refractivity contribution in [1.82, 2.24) is 4.90 Å². The molecule has 138 valence electrons. The van der Waals surface area contributed by atoms with Gasteiger partial charge in [0.25, 0.3) is 5.91 Å². The number of hydrogen-bond acceptors (Lipinski definition) is 3. The average molecular weight is 366 g/mol. The molecule has 1 saturated heterocycles. The minimum Gasteiger partial charge on any atom is -0.339 e. The van der Waals surface area contributed by atoms with Gasteiger partial charge in [0.1, 0.15) is 0 Å². The predicted octanol–water partition coefficient (Wildman–Crippen LogP) is 3.11. The molecule has 3 N–H and O–H groups in total. The number of nitrogens with two attached hydrogens (primary N) is 1. The van der Waals surface area contributed by atoms with E-state index in [0.717, 1.165) is 62.9 Å². The minimum absolute atomic E-state index is 0.